The van der Waals surface area contributed by atoms with E-state index in [4.69, 9.17) is 4.74 Å². The Morgan fingerprint density at radius 3 is 2.43 bits per heavy atom. The predicted octanol–water partition coefficient (Wildman–Crippen LogP) is 3.45. The molecule has 1 saturated carbocycles. The summed E-state index contributed by atoms with van der Waals surface area (Å²) in [6.07, 6.45) is 3.44. The lowest BCUT2D eigenvalue weighted by Crippen LogP contribution is -2.33. The molecule has 0 bridgehead atoms. The molecule has 0 unspecified atom stereocenters. The van der Waals surface area contributed by atoms with Gasteiger partial charge in [0.1, 0.15) is 10.6 Å². The monoisotopic (exact) mass is 410 g/mol. The summed E-state index contributed by atoms with van der Waals surface area (Å²) in [4.78, 5) is 12.3. The smallest absolute Gasteiger partial charge is 0.255 e. The number of carbonyl (C=O) groups excluding carboxylic acids is 1. The van der Waals surface area contributed by atoms with Gasteiger partial charge in [-0.3, -0.25) is 4.79 Å². The molecule has 0 heterocycles. The minimum absolute atomic E-state index is 0.0392. The lowest BCUT2D eigenvalue weighted by atomic mass is 10.2. The highest BCUT2D eigenvalue weighted by molar-refractivity contribution is 7.89. The van der Waals surface area contributed by atoms with Crippen LogP contribution in [0.1, 0.15) is 36.0 Å². The minimum atomic E-state index is -3.89. The largest absolute Gasteiger partial charge is 0.495 e. The number of halogens is 2. The topological polar surface area (TPSA) is 84.5 Å². The number of rotatable bonds is 6. The number of hydrogen-bond donors (Lipinski definition) is 2. The van der Waals surface area contributed by atoms with Crippen molar-refractivity contribution < 1.29 is 26.7 Å². The molecule has 150 valence electrons. The van der Waals surface area contributed by atoms with Crippen LogP contribution in [-0.2, 0) is 10.0 Å². The molecule has 6 nitrogen and oxygen atoms in total. The van der Waals surface area contributed by atoms with Crippen molar-refractivity contribution in [3.05, 3.63) is 53.6 Å². The molecule has 2 aromatic carbocycles. The summed E-state index contributed by atoms with van der Waals surface area (Å²) < 4.78 is 59.7. The number of ether oxygens (including phenoxy) is 1. The fraction of sp³-hybridized carbons (Fsp3) is 0.316. The van der Waals surface area contributed by atoms with Gasteiger partial charge in [0.05, 0.1) is 7.11 Å². The Morgan fingerprint density at radius 1 is 1.07 bits per heavy atom. The van der Waals surface area contributed by atoms with E-state index in [1.165, 1.54) is 31.4 Å². The Hall–Kier alpha value is -2.52. The van der Waals surface area contributed by atoms with Crippen LogP contribution >= 0.6 is 0 Å². The number of carbonyl (C=O) groups is 1. The van der Waals surface area contributed by atoms with E-state index >= 15 is 0 Å². The molecule has 1 aliphatic rings. The first kappa shape index (κ1) is 20.2. The highest BCUT2D eigenvalue weighted by Gasteiger charge is 2.26. The Morgan fingerprint density at radius 2 is 1.79 bits per heavy atom. The zero-order chi connectivity index (χ0) is 20.3. The van der Waals surface area contributed by atoms with Crippen molar-refractivity contribution in [2.24, 2.45) is 0 Å². The molecule has 1 amide bonds. The maximum absolute atomic E-state index is 13.3. The summed E-state index contributed by atoms with van der Waals surface area (Å²) in [7, 11) is -2.55. The fourth-order valence-corrected chi connectivity index (χ4v) is 4.63. The van der Waals surface area contributed by atoms with E-state index in [0.29, 0.717) is 0 Å². The van der Waals surface area contributed by atoms with Gasteiger partial charge < -0.3 is 10.1 Å². The third-order valence-electron chi connectivity index (χ3n) is 4.57. The normalized spacial score (nSPS) is 14.8. The lowest BCUT2D eigenvalue weighted by Gasteiger charge is -2.16. The number of sulfonamides is 1. The summed E-state index contributed by atoms with van der Waals surface area (Å²) in [5.41, 5.74) is 0.0885. The molecule has 1 fully saturated rings. The van der Waals surface area contributed by atoms with Crippen molar-refractivity contribution in [1.82, 2.24) is 4.72 Å². The SMILES string of the molecule is COc1ccc(C(=O)Nc2ccc(F)c(F)c2)cc1S(=O)(=O)NC1CCCC1. The van der Waals surface area contributed by atoms with Crippen LogP contribution in [0.2, 0.25) is 0 Å². The second-order valence-corrected chi connectivity index (χ2v) is 8.23. The van der Waals surface area contributed by atoms with Gasteiger partial charge in [-0.2, -0.15) is 0 Å². The van der Waals surface area contributed by atoms with Gasteiger partial charge >= 0.3 is 0 Å². The van der Waals surface area contributed by atoms with Crippen molar-refractivity contribution in [3.63, 3.8) is 0 Å². The molecule has 0 aliphatic heterocycles. The lowest BCUT2D eigenvalue weighted by molar-refractivity contribution is 0.102. The van der Waals surface area contributed by atoms with E-state index < -0.39 is 27.6 Å². The van der Waals surface area contributed by atoms with E-state index in [2.05, 4.69) is 10.0 Å². The Labute approximate surface area is 162 Å². The molecule has 1 aliphatic carbocycles. The van der Waals surface area contributed by atoms with Crippen LogP contribution in [0, 0.1) is 11.6 Å². The van der Waals surface area contributed by atoms with Gasteiger partial charge in [0, 0.05) is 23.4 Å². The minimum Gasteiger partial charge on any atom is -0.495 e. The van der Waals surface area contributed by atoms with Crippen molar-refractivity contribution in [1.29, 1.82) is 0 Å². The van der Waals surface area contributed by atoms with Crippen LogP contribution in [0.15, 0.2) is 41.3 Å². The van der Waals surface area contributed by atoms with Gasteiger partial charge in [-0.1, -0.05) is 12.8 Å². The van der Waals surface area contributed by atoms with E-state index in [1.54, 1.807) is 0 Å². The molecule has 2 aromatic rings. The summed E-state index contributed by atoms with van der Waals surface area (Å²) >= 11 is 0. The van der Waals surface area contributed by atoms with Gasteiger partial charge in [-0.05, 0) is 43.2 Å². The molecule has 0 spiro atoms. The number of amides is 1. The fourth-order valence-electron chi connectivity index (χ4n) is 3.13. The Balaban J connectivity index is 1.86. The number of anilines is 1. The average molecular weight is 410 g/mol. The number of benzene rings is 2. The van der Waals surface area contributed by atoms with Crippen molar-refractivity contribution in [3.8, 4) is 5.75 Å². The quantitative estimate of drug-likeness (QED) is 0.764. The Bertz CT molecular complexity index is 989. The molecule has 0 atom stereocenters. The first-order valence-electron chi connectivity index (χ1n) is 8.77. The highest BCUT2D eigenvalue weighted by Crippen LogP contribution is 2.27. The standard InChI is InChI=1S/C19H20F2N2O4S/c1-27-17-9-6-12(19(24)22-14-7-8-15(20)16(21)11-14)10-18(17)28(25,26)23-13-4-2-3-5-13/h6-11,13,23H,2-5H2,1H3,(H,22,24). The first-order chi connectivity index (χ1) is 13.3. The van der Waals surface area contributed by atoms with E-state index in [-0.39, 0.29) is 27.9 Å². The molecule has 28 heavy (non-hydrogen) atoms. The van der Waals surface area contributed by atoms with Gasteiger partial charge in [0.2, 0.25) is 10.0 Å². The van der Waals surface area contributed by atoms with E-state index in [9.17, 15) is 22.0 Å². The van der Waals surface area contributed by atoms with Crippen LogP contribution in [0.25, 0.3) is 0 Å². The third kappa shape index (κ3) is 4.48. The van der Waals surface area contributed by atoms with Gasteiger partial charge in [-0.25, -0.2) is 21.9 Å². The maximum atomic E-state index is 13.3. The zero-order valence-electron chi connectivity index (χ0n) is 15.2. The van der Waals surface area contributed by atoms with E-state index in [1.807, 2.05) is 0 Å². The van der Waals surface area contributed by atoms with Crippen molar-refractivity contribution >= 4 is 21.6 Å². The van der Waals surface area contributed by atoms with Crippen LogP contribution < -0.4 is 14.8 Å². The molecule has 0 radical (unpaired) electrons. The summed E-state index contributed by atoms with van der Waals surface area (Å²) in [6.45, 7) is 0. The second-order valence-electron chi connectivity index (χ2n) is 6.55. The van der Waals surface area contributed by atoms with Gasteiger partial charge in [0.25, 0.3) is 5.91 Å². The summed E-state index contributed by atoms with van der Waals surface area (Å²) in [6, 6.07) is 6.77. The average Bonchev–Trinajstić information content (AvgIpc) is 3.16. The van der Waals surface area contributed by atoms with Crippen molar-refractivity contribution in [2.45, 2.75) is 36.6 Å². The van der Waals surface area contributed by atoms with Crippen LogP contribution in [0.3, 0.4) is 0 Å². The number of methoxy groups -OCH3 is 1. The third-order valence-corrected chi connectivity index (χ3v) is 6.11. The highest BCUT2D eigenvalue weighted by atomic mass is 32.2. The summed E-state index contributed by atoms with van der Waals surface area (Å²) in [5.74, 6) is -2.69. The number of hydrogen-bond acceptors (Lipinski definition) is 4. The van der Waals surface area contributed by atoms with Crippen LogP contribution in [0.5, 0.6) is 5.75 Å². The van der Waals surface area contributed by atoms with Gasteiger partial charge in [0.15, 0.2) is 11.6 Å². The first-order valence-corrected chi connectivity index (χ1v) is 10.3. The molecule has 0 aromatic heterocycles. The van der Waals surface area contributed by atoms with Crippen molar-refractivity contribution in [2.75, 3.05) is 12.4 Å². The maximum Gasteiger partial charge on any atom is 0.255 e. The van der Waals surface area contributed by atoms with Crippen LogP contribution in [0.4, 0.5) is 14.5 Å². The predicted molar refractivity (Wildman–Crippen MR) is 99.9 cm³/mol. The molecule has 0 saturated heterocycles. The van der Waals surface area contributed by atoms with Gasteiger partial charge in [-0.15, -0.1) is 0 Å². The Kier molecular flexibility index (Phi) is 5.95. The van der Waals surface area contributed by atoms with E-state index in [0.717, 1.165) is 37.8 Å². The molecule has 2 N–H and O–H groups in total. The van der Waals surface area contributed by atoms with Crippen LogP contribution in [-0.4, -0.2) is 27.5 Å². The molecular formula is C19H20F2N2O4S. The molecular weight excluding hydrogens is 390 g/mol. The zero-order valence-corrected chi connectivity index (χ0v) is 16.0. The molecule has 3 rings (SSSR count). The molecule has 9 heteroatoms. The number of nitrogens with one attached hydrogen (secondary N) is 2. The second kappa shape index (κ2) is 8.24. The summed E-state index contributed by atoms with van der Waals surface area (Å²) in [5, 5.41) is 2.41.